The summed E-state index contributed by atoms with van der Waals surface area (Å²) in [5, 5.41) is 22.8. The van der Waals surface area contributed by atoms with Crippen molar-refractivity contribution in [1.29, 1.82) is 0 Å². The smallest absolute Gasteiger partial charge is 0.331 e. The number of rotatable bonds is 6. The molecule has 3 rings (SSSR count). The molecule has 0 unspecified atom stereocenters. The molecule has 1 saturated carbocycles. The largest absolute Gasteiger partial charge is 0.479 e. The zero-order valence-corrected chi connectivity index (χ0v) is 16.6. The van der Waals surface area contributed by atoms with E-state index in [1.807, 2.05) is 31.2 Å². The minimum atomic E-state index is -1.13. The van der Waals surface area contributed by atoms with Gasteiger partial charge in [-0.1, -0.05) is 37.0 Å². The van der Waals surface area contributed by atoms with E-state index < -0.39 is 17.6 Å². The fourth-order valence-electron chi connectivity index (χ4n) is 3.99. The van der Waals surface area contributed by atoms with Gasteiger partial charge in [0.25, 0.3) is 0 Å². The van der Waals surface area contributed by atoms with Gasteiger partial charge in [0, 0.05) is 16.9 Å². The molecule has 1 aromatic heterocycles. The maximum atomic E-state index is 13.4. The molecule has 28 heavy (non-hydrogen) atoms. The normalized spacial score (nSPS) is 17.0. The molecule has 4 N–H and O–H groups in total. The van der Waals surface area contributed by atoms with Gasteiger partial charge in [0.05, 0.1) is 5.69 Å². The molecule has 1 aromatic carbocycles. The Morgan fingerprint density at radius 1 is 1.11 bits per heavy atom. The zero-order chi connectivity index (χ0) is 20.3. The van der Waals surface area contributed by atoms with Crippen molar-refractivity contribution < 1.29 is 14.7 Å². The predicted molar refractivity (Wildman–Crippen MR) is 107 cm³/mol. The van der Waals surface area contributed by atoms with Crippen LogP contribution < -0.4 is 10.6 Å². The average Bonchev–Trinajstić information content (AvgIpc) is 3.00. The maximum absolute atomic E-state index is 13.4. The van der Waals surface area contributed by atoms with Gasteiger partial charge >= 0.3 is 5.97 Å². The van der Waals surface area contributed by atoms with Crippen LogP contribution in [0.1, 0.15) is 60.7 Å². The van der Waals surface area contributed by atoms with Gasteiger partial charge in [0.1, 0.15) is 5.54 Å². The van der Waals surface area contributed by atoms with Gasteiger partial charge in [-0.15, -0.1) is 0 Å². The second-order valence-corrected chi connectivity index (χ2v) is 7.73. The standard InChI is InChI=1S/C21H28N4O3/c1-13-7-9-16(10-8-13)23-21(11-5-4-6-12-21)20(28)22-18(19(26)27)17-14(2)24-25-15(17)3/h7-10,18,23H,4-6,11-12H2,1-3H3,(H,22,28)(H,24,25)(H,26,27)/t18-/m0/s1. The third-order valence-corrected chi connectivity index (χ3v) is 5.57. The van der Waals surface area contributed by atoms with E-state index in [4.69, 9.17) is 0 Å². The molecule has 1 aliphatic carbocycles. The van der Waals surface area contributed by atoms with Gasteiger partial charge in [-0.05, 0) is 45.7 Å². The number of nitrogens with zero attached hydrogens (tertiary/aromatic N) is 1. The molecule has 150 valence electrons. The molecule has 1 heterocycles. The number of aromatic amines is 1. The SMILES string of the molecule is Cc1ccc(NC2(C(=O)N[C@H](C(=O)O)c3c(C)n[nH]c3C)CCCCC2)cc1. The monoisotopic (exact) mass is 384 g/mol. The first-order valence-electron chi connectivity index (χ1n) is 9.72. The summed E-state index contributed by atoms with van der Waals surface area (Å²) in [5.74, 6) is -1.37. The summed E-state index contributed by atoms with van der Waals surface area (Å²) in [5.41, 5.74) is 2.94. The molecule has 0 radical (unpaired) electrons. The lowest BCUT2D eigenvalue weighted by atomic mass is 9.80. The van der Waals surface area contributed by atoms with Crippen molar-refractivity contribution in [2.45, 2.75) is 64.5 Å². The minimum absolute atomic E-state index is 0.278. The number of carbonyl (C=O) groups is 2. The molecule has 1 atom stereocenters. The van der Waals surface area contributed by atoms with E-state index in [9.17, 15) is 14.7 Å². The lowest BCUT2D eigenvalue weighted by Crippen LogP contribution is -2.55. The van der Waals surface area contributed by atoms with Gasteiger partial charge in [0.2, 0.25) is 5.91 Å². The van der Waals surface area contributed by atoms with Gasteiger partial charge < -0.3 is 15.7 Å². The first kappa shape index (κ1) is 19.9. The fraction of sp³-hybridized carbons (Fsp3) is 0.476. The highest BCUT2D eigenvalue weighted by Crippen LogP contribution is 2.33. The van der Waals surface area contributed by atoms with E-state index in [2.05, 4.69) is 20.8 Å². The maximum Gasteiger partial charge on any atom is 0.331 e. The van der Waals surface area contributed by atoms with Crippen molar-refractivity contribution in [3.05, 3.63) is 46.8 Å². The lowest BCUT2D eigenvalue weighted by Gasteiger charge is -2.38. The summed E-state index contributed by atoms with van der Waals surface area (Å²) in [6.45, 7) is 5.51. The summed E-state index contributed by atoms with van der Waals surface area (Å²) in [6.07, 6.45) is 4.26. The van der Waals surface area contributed by atoms with E-state index in [0.29, 0.717) is 29.8 Å². The molecule has 1 aliphatic rings. The van der Waals surface area contributed by atoms with Crippen molar-refractivity contribution >= 4 is 17.6 Å². The van der Waals surface area contributed by atoms with Crippen molar-refractivity contribution in [3.8, 4) is 0 Å². The number of anilines is 1. The number of hydrogen-bond acceptors (Lipinski definition) is 4. The van der Waals surface area contributed by atoms with Gasteiger partial charge in [0.15, 0.2) is 6.04 Å². The van der Waals surface area contributed by atoms with Crippen LogP contribution in [0.15, 0.2) is 24.3 Å². The average molecular weight is 384 g/mol. The number of benzene rings is 1. The minimum Gasteiger partial charge on any atom is -0.479 e. The summed E-state index contributed by atoms with van der Waals surface area (Å²) in [4.78, 5) is 25.3. The first-order chi connectivity index (χ1) is 13.3. The molecule has 1 amide bonds. The van der Waals surface area contributed by atoms with Gasteiger partial charge in [-0.3, -0.25) is 9.89 Å². The molecule has 7 nitrogen and oxygen atoms in total. The van der Waals surface area contributed by atoms with E-state index in [0.717, 1.165) is 30.5 Å². The number of H-pyrrole nitrogens is 1. The molecular formula is C21H28N4O3. The Morgan fingerprint density at radius 3 is 2.29 bits per heavy atom. The highest BCUT2D eigenvalue weighted by atomic mass is 16.4. The second-order valence-electron chi connectivity index (χ2n) is 7.73. The molecule has 2 aromatic rings. The summed E-state index contributed by atoms with van der Waals surface area (Å²) >= 11 is 0. The Balaban J connectivity index is 1.88. The van der Waals surface area contributed by atoms with E-state index in [1.165, 1.54) is 0 Å². The van der Waals surface area contributed by atoms with Crippen LogP contribution in [0.4, 0.5) is 5.69 Å². The van der Waals surface area contributed by atoms with Crippen molar-refractivity contribution in [3.63, 3.8) is 0 Å². The van der Waals surface area contributed by atoms with Crippen LogP contribution in [0.2, 0.25) is 0 Å². The Kier molecular flexibility index (Phi) is 5.72. The Labute approximate surface area is 164 Å². The Hall–Kier alpha value is -2.83. The van der Waals surface area contributed by atoms with Gasteiger partial charge in [-0.25, -0.2) is 4.79 Å². The Bertz CT molecular complexity index is 832. The highest BCUT2D eigenvalue weighted by molar-refractivity contribution is 5.93. The number of amides is 1. The number of aromatic nitrogens is 2. The molecule has 1 fully saturated rings. The third-order valence-electron chi connectivity index (χ3n) is 5.57. The molecule has 0 saturated heterocycles. The van der Waals surface area contributed by atoms with E-state index in [1.54, 1.807) is 13.8 Å². The molecule has 0 aliphatic heterocycles. The quantitative estimate of drug-likeness (QED) is 0.611. The highest BCUT2D eigenvalue weighted by Gasteiger charge is 2.42. The number of carbonyl (C=O) groups excluding carboxylic acids is 1. The molecule has 0 bridgehead atoms. The topological polar surface area (TPSA) is 107 Å². The van der Waals surface area contributed by atoms with Crippen LogP contribution in [0.3, 0.4) is 0 Å². The van der Waals surface area contributed by atoms with E-state index >= 15 is 0 Å². The fourth-order valence-corrected chi connectivity index (χ4v) is 3.99. The number of carboxylic acids is 1. The predicted octanol–water partition coefficient (Wildman–Crippen LogP) is 3.39. The number of aliphatic carboxylic acids is 1. The van der Waals surface area contributed by atoms with Crippen LogP contribution in [0.25, 0.3) is 0 Å². The van der Waals surface area contributed by atoms with Crippen molar-refractivity contribution in [2.75, 3.05) is 5.32 Å². The number of nitrogens with one attached hydrogen (secondary N) is 3. The summed E-state index contributed by atoms with van der Waals surface area (Å²) < 4.78 is 0. The Morgan fingerprint density at radius 2 is 1.75 bits per heavy atom. The number of carboxylic acid groups (broad SMARTS) is 1. The number of aryl methyl sites for hydroxylation is 3. The van der Waals surface area contributed by atoms with Crippen LogP contribution in [-0.2, 0) is 9.59 Å². The second kappa shape index (κ2) is 8.04. The van der Waals surface area contributed by atoms with Crippen LogP contribution >= 0.6 is 0 Å². The molecular weight excluding hydrogens is 356 g/mol. The van der Waals surface area contributed by atoms with Crippen LogP contribution in [-0.4, -0.2) is 32.7 Å². The van der Waals surface area contributed by atoms with Crippen LogP contribution in [0.5, 0.6) is 0 Å². The van der Waals surface area contributed by atoms with Crippen molar-refractivity contribution in [1.82, 2.24) is 15.5 Å². The third kappa shape index (κ3) is 4.03. The van der Waals surface area contributed by atoms with Crippen molar-refractivity contribution in [2.24, 2.45) is 0 Å². The lowest BCUT2D eigenvalue weighted by molar-refractivity contribution is -0.143. The summed E-state index contributed by atoms with van der Waals surface area (Å²) in [7, 11) is 0. The molecule has 0 spiro atoms. The number of hydrogen-bond donors (Lipinski definition) is 4. The van der Waals surface area contributed by atoms with E-state index in [-0.39, 0.29) is 5.91 Å². The zero-order valence-electron chi connectivity index (χ0n) is 16.6. The summed E-state index contributed by atoms with van der Waals surface area (Å²) in [6, 6.07) is 6.77. The molecule has 7 heteroatoms. The first-order valence-corrected chi connectivity index (χ1v) is 9.72. The van der Waals surface area contributed by atoms with Gasteiger partial charge in [-0.2, -0.15) is 5.10 Å². The van der Waals surface area contributed by atoms with Crippen LogP contribution in [0, 0.1) is 20.8 Å².